The van der Waals surface area contributed by atoms with E-state index >= 15 is 0 Å². The Bertz CT molecular complexity index is 1020. The van der Waals surface area contributed by atoms with Crippen LogP contribution < -0.4 is 4.74 Å². The Morgan fingerprint density at radius 3 is 2.46 bits per heavy atom. The lowest BCUT2D eigenvalue weighted by atomic mass is 9.96. The van der Waals surface area contributed by atoms with Gasteiger partial charge in [0.05, 0.1) is 17.7 Å². The van der Waals surface area contributed by atoms with Crippen molar-refractivity contribution in [1.29, 1.82) is 0 Å². The van der Waals surface area contributed by atoms with Gasteiger partial charge >= 0.3 is 0 Å². The van der Waals surface area contributed by atoms with Crippen LogP contribution in [0.3, 0.4) is 0 Å². The first-order valence-electron chi connectivity index (χ1n) is 7.85. The average Bonchev–Trinajstić information content (AvgIpc) is 3.12. The maximum absolute atomic E-state index is 11.6. The third-order valence-electron chi connectivity index (χ3n) is 4.13. The van der Waals surface area contributed by atoms with Gasteiger partial charge in [0, 0.05) is 17.2 Å². The van der Waals surface area contributed by atoms with Gasteiger partial charge in [0.25, 0.3) is 0 Å². The van der Waals surface area contributed by atoms with Crippen molar-refractivity contribution < 1.29 is 18.3 Å². The topological polar surface area (TPSA) is 76.5 Å². The number of benzene rings is 2. The molecule has 2 aromatic carbocycles. The highest BCUT2D eigenvalue weighted by molar-refractivity contribution is 7.90. The van der Waals surface area contributed by atoms with Gasteiger partial charge < -0.3 is 9.84 Å². The molecule has 1 N–H and O–H groups in total. The molecule has 0 saturated heterocycles. The molecule has 1 unspecified atom stereocenters. The number of thiazole rings is 1. The van der Waals surface area contributed by atoms with Crippen molar-refractivity contribution in [3.63, 3.8) is 0 Å². The second-order valence-electron chi connectivity index (χ2n) is 6.14. The lowest BCUT2D eigenvalue weighted by molar-refractivity contribution is 0.102. The summed E-state index contributed by atoms with van der Waals surface area (Å²) in [6.45, 7) is 1.69. The van der Waals surface area contributed by atoms with Gasteiger partial charge in [0.15, 0.2) is 9.84 Å². The zero-order valence-corrected chi connectivity index (χ0v) is 16.3. The number of nitrogens with zero attached hydrogens (tertiary/aromatic N) is 1. The van der Waals surface area contributed by atoms with Crippen LogP contribution in [-0.2, 0) is 15.4 Å². The van der Waals surface area contributed by atoms with Crippen LogP contribution in [0.2, 0.25) is 0 Å². The number of aromatic nitrogens is 1. The van der Waals surface area contributed by atoms with E-state index in [0.717, 1.165) is 5.56 Å². The highest BCUT2D eigenvalue weighted by Crippen LogP contribution is 2.35. The lowest BCUT2D eigenvalue weighted by Gasteiger charge is -2.21. The Kier molecular flexibility index (Phi) is 4.88. The van der Waals surface area contributed by atoms with E-state index < -0.39 is 15.4 Å². The van der Waals surface area contributed by atoms with Crippen LogP contribution in [0.5, 0.6) is 5.75 Å². The smallest absolute Gasteiger partial charge is 0.175 e. The van der Waals surface area contributed by atoms with Crippen molar-refractivity contribution in [2.24, 2.45) is 0 Å². The van der Waals surface area contributed by atoms with Gasteiger partial charge in [0.1, 0.15) is 16.4 Å². The van der Waals surface area contributed by atoms with Crippen molar-refractivity contribution in [3.8, 4) is 17.0 Å². The van der Waals surface area contributed by atoms with Gasteiger partial charge in [-0.15, -0.1) is 11.3 Å². The zero-order valence-electron chi connectivity index (χ0n) is 14.6. The average molecular weight is 389 g/mol. The molecule has 0 radical (unpaired) electrons. The summed E-state index contributed by atoms with van der Waals surface area (Å²) < 4.78 is 28.4. The molecule has 7 heteroatoms. The SMILES string of the molecule is COc1cccc(C(C)(O)c2nc(-c3ccc(S(C)(=O)=O)cc3)cs2)c1. The summed E-state index contributed by atoms with van der Waals surface area (Å²) in [4.78, 5) is 4.82. The molecule has 0 spiro atoms. The molecule has 1 aromatic heterocycles. The van der Waals surface area contributed by atoms with Crippen LogP contribution in [0, 0.1) is 0 Å². The van der Waals surface area contributed by atoms with Gasteiger partial charge in [-0.1, -0.05) is 24.3 Å². The van der Waals surface area contributed by atoms with Crippen LogP contribution in [0.25, 0.3) is 11.3 Å². The van der Waals surface area contributed by atoms with E-state index in [1.54, 1.807) is 44.4 Å². The first-order valence-corrected chi connectivity index (χ1v) is 10.6. The molecule has 26 heavy (non-hydrogen) atoms. The van der Waals surface area contributed by atoms with Gasteiger partial charge in [0.2, 0.25) is 0 Å². The molecule has 1 atom stereocenters. The molecular formula is C19H19NO4S2. The second kappa shape index (κ2) is 6.83. The number of hydrogen-bond donors (Lipinski definition) is 1. The van der Waals surface area contributed by atoms with Crippen LogP contribution in [0.1, 0.15) is 17.5 Å². The van der Waals surface area contributed by atoms with E-state index in [-0.39, 0.29) is 4.90 Å². The van der Waals surface area contributed by atoms with Crippen molar-refractivity contribution in [1.82, 2.24) is 4.98 Å². The first kappa shape index (κ1) is 18.6. The van der Waals surface area contributed by atoms with Crippen molar-refractivity contribution in [2.45, 2.75) is 17.4 Å². The molecule has 0 amide bonds. The number of methoxy groups -OCH3 is 1. The minimum Gasteiger partial charge on any atom is -0.497 e. The first-order chi connectivity index (χ1) is 12.2. The maximum atomic E-state index is 11.6. The lowest BCUT2D eigenvalue weighted by Crippen LogP contribution is -2.22. The van der Waals surface area contributed by atoms with E-state index in [1.165, 1.54) is 17.6 Å². The van der Waals surface area contributed by atoms with Crippen LogP contribution in [0.15, 0.2) is 58.8 Å². The molecule has 0 fully saturated rings. The predicted octanol–water partition coefficient (Wildman–Crippen LogP) is 3.48. The van der Waals surface area contributed by atoms with Crippen LogP contribution in [0.4, 0.5) is 0 Å². The molecule has 0 aliphatic rings. The molecule has 0 saturated carbocycles. The molecular weight excluding hydrogens is 370 g/mol. The Balaban J connectivity index is 1.93. The standard InChI is InChI=1S/C19H19NO4S2/c1-19(21,14-5-4-6-15(11-14)24-2)18-20-17(12-25-18)13-7-9-16(10-8-13)26(3,22)23/h4-12,21H,1-3H3. The third-order valence-corrected chi connectivity index (χ3v) is 6.31. The fraction of sp³-hybridized carbons (Fsp3) is 0.211. The van der Waals surface area contributed by atoms with Gasteiger partial charge in [-0.2, -0.15) is 0 Å². The predicted molar refractivity (Wildman–Crippen MR) is 102 cm³/mol. The number of ether oxygens (including phenoxy) is 1. The summed E-state index contributed by atoms with van der Waals surface area (Å²) in [7, 11) is -1.65. The summed E-state index contributed by atoms with van der Waals surface area (Å²) >= 11 is 1.35. The van der Waals surface area contributed by atoms with Crippen LogP contribution >= 0.6 is 11.3 Å². The molecule has 0 bridgehead atoms. The van der Waals surface area contributed by atoms with Crippen molar-refractivity contribution in [3.05, 3.63) is 64.5 Å². The molecule has 1 heterocycles. The molecule has 5 nitrogen and oxygen atoms in total. The largest absolute Gasteiger partial charge is 0.497 e. The monoisotopic (exact) mass is 389 g/mol. The minimum atomic E-state index is -3.23. The van der Waals surface area contributed by atoms with Gasteiger partial charge in [-0.05, 0) is 36.8 Å². The summed E-state index contributed by atoms with van der Waals surface area (Å²) in [6, 6.07) is 13.8. The summed E-state index contributed by atoms with van der Waals surface area (Å²) in [5.41, 5.74) is 0.907. The molecule has 3 rings (SSSR count). The Morgan fingerprint density at radius 2 is 1.85 bits per heavy atom. The maximum Gasteiger partial charge on any atom is 0.175 e. The van der Waals surface area contributed by atoms with Crippen LogP contribution in [-0.4, -0.2) is 31.9 Å². The van der Waals surface area contributed by atoms with E-state index in [0.29, 0.717) is 22.0 Å². The number of hydrogen-bond acceptors (Lipinski definition) is 6. The van der Waals surface area contributed by atoms with E-state index in [1.807, 2.05) is 23.6 Å². The summed E-state index contributed by atoms with van der Waals surface area (Å²) in [5.74, 6) is 0.663. The van der Waals surface area contributed by atoms with E-state index in [2.05, 4.69) is 4.98 Å². The highest BCUT2D eigenvalue weighted by atomic mass is 32.2. The molecule has 0 aliphatic carbocycles. The summed E-state index contributed by atoms with van der Waals surface area (Å²) in [6.07, 6.45) is 1.17. The summed E-state index contributed by atoms with van der Waals surface area (Å²) in [5, 5.41) is 13.4. The fourth-order valence-electron chi connectivity index (χ4n) is 2.55. The van der Waals surface area contributed by atoms with Crippen molar-refractivity contribution in [2.75, 3.05) is 13.4 Å². The highest BCUT2D eigenvalue weighted by Gasteiger charge is 2.29. The fourth-order valence-corrected chi connectivity index (χ4v) is 4.09. The molecule has 0 aliphatic heterocycles. The zero-order chi connectivity index (χ0) is 18.9. The van der Waals surface area contributed by atoms with E-state index in [9.17, 15) is 13.5 Å². The van der Waals surface area contributed by atoms with Gasteiger partial charge in [-0.25, -0.2) is 13.4 Å². The third kappa shape index (κ3) is 3.65. The second-order valence-corrected chi connectivity index (χ2v) is 9.01. The quantitative estimate of drug-likeness (QED) is 0.723. The number of sulfone groups is 1. The Labute approximate surface area is 156 Å². The normalized spacial score (nSPS) is 14.0. The minimum absolute atomic E-state index is 0.264. The number of rotatable bonds is 5. The van der Waals surface area contributed by atoms with Crippen molar-refractivity contribution >= 4 is 21.2 Å². The molecule has 3 aromatic rings. The molecule has 136 valence electrons. The Hall–Kier alpha value is -2.22. The van der Waals surface area contributed by atoms with Gasteiger partial charge in [-0.3, -0.25) is 0 Å². The number of aliphatic hydroxyl groups is 1. The van der Waals surface area contributed by atoms with E-state index in [4.69, 9.17) is 4.74 Å². The Morgan fingerprint density at radius 1 is 1.15 bits per heavy atom.